The summed E-state index contributed by atoms with van der Waals surface area (Å²) < 4.78 is 11.0. The number of thiazole rings is 1. The summed E-state index contributed by atoms with van der Waals surface area (Å²) >= 11 is 1.62. The molecule has 2 N–H and O–H groups in total. The minimum atomic E-state index is -0.999. The highest BCUT2D eigenvalue weighted by Crippen LogP contribution is 2.37. The summed E-state index contributed by atoms with van der Waals surface area (Å²) in [6.45, 7) is 5.81. The third-order valence-corrected chi connectivity index (χ3v) is 6.78. The van der Waals surface area contributed by atoms with Crippen LogP contribution in [0.15, 0.2) is 18.2 Å². The molecule has 174 valence electrons. The first-order valence-corrected chi connectivity index (χ1v) is 11.9. The number of benzene rings is 1. The zero-order valence-corrected chi connectivity index (χ0v) is 20.0. The van der Waals surface area contributed by atoms with Crippen LogP contribution in [0, 0.1) is 6.92 Å². The van der Waals surface area contributed by atoms with Crippen LogP contribution < -0.4 is 10.1 Å². The number of rotatable bonds is 10. The zero-order valence-electron chi connectivity index (χ0n) is 19.1. The molecule has 1 aliphatic carbocycles. The van der Waals surface area contributed by atoms with E-state index in [-0.39, 0.29) is 25.0 Å². The highest BCUT2D eigenvalue weighted by atomic mass is 32.1. The van der Waals surface area contributed by atoms with Crippen molar-refractivity contribution in [3.05, 3.63) is 44.9 Å². The van der Waals surface area contributed by atoms with Gasteiger partial charge in [0.1, 0.15) is 11.4 Å². The quantitative estimate of drug-likeness (QED) is 0.543. The molecule has 1 heterocycles. The van der Waals surface area contributed by atoms with Crippen molar-refractivity contribution in [1.82, 2.24) is 10.3 Å². The number of hydrogen-bond acceptors (Lipinski definition) is 6. The van der Waals surface area contributed by atoms with E-state index in [1.807, 2.05) is 32.9 Å². The summed E-state index contributed by atoms with van der Waals surface area (Å²) in [4.78, 5) is 29.9. The van der Waals surface area contributed by atoms with Gasteiger partial charge in [0.25, 0.3) is 5.91 Å². The molecule has 1 unspecified atom stereocenters. The van der Waals surface area contributed by atoms with Gasteiger partial charge in [-0.05, 0) is 45.2 Å². The SMILES string of the molecule is COc1ccc(CC(OC(C)C)C(=O)O)cc1CNC(=O)c1nc(C2CCCC2)sc1C. The number of aromatic nitrogens is 1. The molecule has 3 rings (SSSR count). The van der Waals surface area contributed by atoms with Crippen molar-refractivity contribution in [2.45, 2.75) is 77.5 Å². The lowest BCUT2D eigenvalue weighted by Crippen LogP contribution is -2.29. The lowest BCUT2D eigenvalue weighted by Gasteiger charge is -2.18. The van der Waals surface area contributed by atoms with Gasteiger partial charge >= 0.3 is 5.97 Å². The van der Waals surface area contributed by atoms with Crippen molar-refractivity contribution in [3.8, 4) is 5.75 Å². The number of carbonyl (C=O) groups is 2. The number of nitrogens with one attached hydrogen (secondary N) is 1. The van der Waals surface area contributed by atoms with Crippen LogP contribution in [0.1, 0.15) is 76.9 Å². The molecule has 8 heteroatoms. The molecule has 0 bridgehead atoms. The predicted octanol–water partition coefficient (Wildman–Crippen LogP) is 4.47. The Morgan fingerprint density at radius 2 is 2.00 bits per heavy atom. The Labute approximate surface area is 193 Å². The lowest BCUT2D eigenvalue weighted by molar-refractivity contribution is -0.153. The molecule has 1 aromatic carbocycles. The number of aryl methyl sites for hydroxylation is 1. The van der Waals surface area contributed by atoms with Crippen molar-refractivity contribution in [1.29, 1.82) is 0 Å². The van der Waals surface area contributed by atoms with Crippen LogP contribution in [-0.2, 0) is 22.5 Å². The second-order valence-electron chi connectivity index (χ2n) is 8.48. The van der Waals surface area contributed by atoms with E-state index in [2.05, 4.69) is 10.3 Å². The van der Waals surface area contributed by atoms with Crippen LogP contribution in [0.25, 0.3) is 0 Å². The number of nitrogens with zero attached hydrogens (tertiary/aromatic N) is 1. The van der Waals surface area contributed by atoms with Gasteiger partial charge in [0, 0.05) is 29.3 Å². The number of carboxylic acid groups (broad SMARTS) is 1. The highest BCUT2D eigenvalue weighted by Gasteiger charge is 2.24. The van der Waals surface area contributed by atoms with E-state index in [0.29, 0.717) is 17.4 Å². The van der Waals surface area contributed by atoms with Gasteiger partial charge in [0.15, 0.2) is 6.10 Å². The number of carbonyl (C=O) groups excluding carboxylic acids is 1. The lowest BCUT2D eigenvalue weighted by atomic mass is 10.0. The molecule has 1 atom stereocenters. The highest BCUT2D eigenvalue weighted by molar-refractivity contribution is 7.12. The van der Waals surface area contributed by atoms with Crippen molar-refractivity contribution in [2.24, 2.45) is 0 Å². The summed E-state index contributed by atoms with van der Waals surface area (Å²) in [6.07, 6.45) is 3.86. The fraction of sp³-hybridized carbons (Fsp3) is 0.542. The molecule has 1 aliphatic rings. The maximum atomic E-state index is 12.8. The van der Waals surface area contributed by atoms with Crippen molar-refractivity contribution < 1.29 is 24.2 Å². The molecule has 7 nitrogen and oxygen atoms in total. The largest absolute Gasteiger partial charge is 0.496 e. The zero-order chi connectivity index (χ0) is 23.3. The minimum absolute atomic E-state index is 0.191. The number of carboxylic acids is 1. The van der Waals surface area contributed by atoms with Crippen molar-refractivity contribution in [3.63, 3.8) is 0 Å². The van der Waals surface area contributed by atoms with Gasteiger partial charge in [0.2, 0.25) is 0 Å². The van der Waals surface area contributed by atoms with Crippen molar-refractivity contribution in [2.75, 3.05) is 7.11 Å². The minimum Gasteiger partial charge on any atom is -0.496 e. The Balaban J connectivity index is 1.70. The first kappa shape index (κ1) is 24.2. The average Bonchev–Trinajstić information content (AvgIpc) is 3.41. The fourth-order valence-electron chi connectivity index (χ4n) is 4.07. The normalized spacial score (nSPS) is 15.2. The van der Waals surface area contributed by atoms with E-state index in [4.69, 9.17) is 9.47 Å². The third-order valence-electron chi connectivity index (χ3n) is 5.65. The van der Waals surface area contributed by atoms with E-state index in [1.54, 1.807) is 24.5 Å². The Bertz CT molecular complexity index is 950. The predicted molar refractivity (Wildman–Crippen MR) is 124 cm³/mol. The molecule has 1 aromatic heterocycles. The van der Waals surface area contributed by atoms with E-state index < -0.39 is 12.1 Å². The van der Waals surface area contributed by atoms with Crippen LogP contribution in [0.3, 0.4) is 0 Å². The molecule has 0 spiro atoms. The molecule has 2 aromatic rings. The van der Waals surface area contributed by atoms with E-state index in [9.17, 15) is 14.7 Å². The Kier molecular flexibility index (Phi) is 8.26. The smallest absolute Gasteiger partial charge is 0.333 e. The van der Waals surface area contributed by atoms with Gasteiger partial charge in [-0.2, -0.15) is 0 Å². The van der Waals surface area contributed by atoms with Gasteiger partial charge in [0.05, 0.1) is 18.2 Å². The summed E-state index contributed by atoms with van der Waals surface area (Å²) in [6, 6.07) is 5.47. The number of hydrogen-bond donors (Lipinski definition) is 2. The molecular weight excluding hydrogens is 428 g/mol. The Hall–Kier alpha value is -2.45. The van der Waals surface area contributed by atoms with Gasteiger partial charge in [-0.3, -0.25) is 4.79 Å². The van der Waals surface area contributed by atoms with Crippen LogP contribution >= 0.6 is 11.3 Å². The van der Waals surface area contributed by atoms with Gasteiger partial charge in [-0.1, -0.05) is 25.0 Å². The van der Waals surface area contributed by atoms with Gasteiger partial charge < -0.3 is 19.9 Å². The third kappa shape index (κ3) is 6.07. The molecular formula is C24H32N2O5S. The topological polar surface area (TPSA) is 97.8 Å². The van der Waals surface area contributed by atoms with Crippen LogP contribution in [0.5, 0.6) is 5.75 Å². The van der Waals surface area contributed by atoms with Crippen molar-refractivity contribution >= 4 is 23.2 Å². The maximum absolute atomic E-state index is 12.8. The molecule has 1 saturated carbocycles. The molecule has 0 radical (unpaired) electrons. The standard InChI is InChI=1S/C24H32N2O5S/c1-14(2)31-20(24(28)29)12-16-9-10-19(30-4)18(11-16)13-25-22(27)21-15(3)32-23(26-21)17-7-5-6-8-17/h9-11,14,17,20H,5-8,12-13H2,1-4H3,(H,25,27)(H,28,29). The first-order valence-electron chi connectivity index (χ1n) is 11.1. The number of ether oxygens (including phenoxy) is 2. The summed E-state index contributed by atoms with van der Waals surface area (Å²) in [7, 11) is 1.57. The molecule has 0 aliphatic heterocycles. The molecule has 0 saturated heterocycles. The Morgan fingerprint density at radius 1 is 1.28 bits per heavy atom. The van der Waals surface area contributed by atoms with E-state index in [1.165, 1.54) is 12.8 Å². The summed E-state index contributed by atoms with van der Waals surface area (Å²) in [5, 5.41) is 13.5. The number of methoxy groups -OCH3 is 1. The molecule has 1 amide bonds. The monoisotopic (exact) mass is 460 g/mol. The van der Waals surface area contributed by atoms with Crippen LogP contribution in [-0.4, -0.2) is 41.3 Å². The van der Waals surface area contributed by atoms with Gasteiger partial charge in [-0.25, -0.2) is 9.78 Å². The number of amides is 1. The number of aliphatic carboxylic acids is 1. The summed E-state index contributed by atoms with van der Waals surface area (Å²) in [5.41, 5.74) is 2.07. The van der Waals surface area contributed by atoms with Crippen LogP contribution in [0.4, 0.5) is 0 Å². The summed E-state index contributed by atoms with van der Waals surface area (Å²) in [5.74, 6) is -0.0944. The second kappa shape index (κ2) is 10.9. The average molecular weight is 461 g/mol. The molecule has 32 heavy (non-hydrogen) atoms. The first-order chi connectivity index (χ1) is 15.3. The Morgan fingerprint density at radius 3 is 2.62 bits per heavy atom. The molecule has 1 fully saturated rings. The van der Waals surface area contributed by atoms with E-state index in [0.717, 1.165) is 33.9 Å². The van der Waals surface area contributed by atoms with E-state index >= 15 is 0 Å². The van der Waals surface area contributed by atoms with Crippen LogP contribution in [0.2, 0.25) is 0 Å². The van der Waals surface area contributed by atoms with Gasteiger partial charge in [-0.15, -0.1) is 11.3 Å². The fourth-order valence-corrected chi connectivity index (χ4v) is 5.16. The second-order valence-corrected chi connectivity index (χ2v) is 9.72. The maximum Gasteiger partial charge on any atom is 0.333 e.